The van der Waals surface area contributed by atoms with Crippen molar-refractivity contribution in [1.82, 2.24) is 4.90 Å². The average Bonchev–Trinajstić information content (AvgIpc) is 2.60. The fraction of sp³-hybridized carbons (Fsp3) is 0.909. The van der Waals surface area contributed by atoms with Gasteiger partial charge in [-0.1, -0.05) is 6.92 Å². The van der Waals surface area contributed by atoms with Crippen LogP contribution in [0.4, 0.5) is 13.2 Å². The fourth-order valence-electron chi connectivity index (χ4n) is 2.38. The topological polar surface area (TPSA) is 72.3 Å². The van der Waals surface area contributed by atoms with E-state index in [9.17, 15) is 18.0 Å². The van der Waals surface area contributed by atoms with Crippen molar-refractivity contribution in [1.29, 1.82) is 0 Å². The summed E-state index contributed by atoms with van der Waals surface area (Å²) in [5, 5.41) is 0. The van der Waals surface area contributed by atoms with Crippen molar-refractivity contribution in [2.45, 2.75) is 44.9 Å². The lowest BCUT2D eigenvalue weighted by Crippen LogP contribution is -2.56. The minimum Gasteiger partial charge on any atom is -0.369 e. The number of nitrogens with two attached hydrogens (primary N) is 2. The first-order chi connectivity index (χ1) is 8.12. The second-order valence-electron chi connectivity index (χ2n) is 5.20. The average molecular weight is 267 g/mol. The van der Waals surface area contributed by atoms with Gasteiger partial charge in [-0.25, -0.2) is 0 Å². The smallest absolute Gasteiger partial charge is 0.369 e. The van der Waals surface area contributed by atoms with Crippen LogP contribution in [-0.4, -0.2) is 42.2 Å². The molecule has 1 saturated heterocycles. The molecule has 0 radical (unpaired) electrons. The van der Waals surface area contributed by atoms with E-state index in [1.807, 2.05) is 0 Å². The molecule has 1 aliphatic rings. The first-order valence-electron chi connectivity index (χ1n) is 5.98. The van der Waals surface area contributed by atoms with Gasteiger partial charge in [-0.3, -0.25) is 9.69 Å². The zero-order valence-corrected chi connectivity index (χ0v) is 10.6. The largest absolute Gasteiger partial charge is 0.405 e. The van der Waals surface area contributed by atoms with E-state index in [0.29, 0.717) is 6.42 Å². The molecule has 1 heterocycles. The summed E-state index contributed by atoms with van der Waals surface area (Å²) in [5.41, 5.74) is 9.91. The predicted molar refractivity (Wildman–Crippen MR) is 61.6 cm³/mol. The molecule has 1 fully saturated rings. The summed E-state index contributed by atoms with van der Waals surface area (Å²) in [6, 6.07) is -2.69. The van der Waals surface area contributed by atoms with Crippen LogP contribution in [0.15, 0.2) is 0 Å². The quantitative estimate of drug-likeness (QED) is 0.793. The van der Waals surface area contributed by atoms with Crippen molar-refractivity contribution in [2.75, 3.05) is 13.1 Å². The lowest BCUT2D eigenvalue weighted by Gasteiger charge is -2.34. The lowest BCUT2D eigenvalue weighted by atomic mass is 9.89. The summed E-state index contributed by atoms with van der Waals surface area (Å²) in [5.74, 6) is -0.559. The number of carbonyl (C=O) groups is 1. The summed E-state index contributed by atoms with van der Waals surface area (Å²) >= 11 is 0. The van der Waals surface area contributed by atoms with E-state index in [-0.39, 0.29) is 19.5 Å². The molecule has 0 aromatic heterocycles. The maximum Gasteiger partial charge on any atom is 0.405 e. The van der Waals surface area contributed by atoms with Crippen molar-refractivity contribution < 1.29 is 18.0 Å². The molecule has 3 unspecified atom stereocenters. The normalized spacial score (nSPS) is 29.2. The number of alkyl halides is 3. The number of nitrogens with zero attached hydrogens (tertiary/aromatic N) is 1. The molecule has 0 spiro atoms. The van der Waals surface area contributed by atoms with E-state index in [0.717, 1.165) is 0 Å². The third-order valence-corrected chi connectivity index (χ3v) is 3.70. The van der Waals surface area contributed by atoms with Crippen molar-refractivity contribution in [3.8, 4) is 0 Å². The van der Waals surface area contributed by atoms with Gasteiger partial charge in [0.2, 0.25) is 5.91 Å². The maximum atomic E-state index is 13.0. The fourth-order valence-corrected chi connectivity index (χ4v) is 2.38. The Morgan fingerprint density at radius 3 is 2.39 bits per heavy atom. The molecule has 0 bridgehead atoms. The minimum atomic E-state index is -4.39. The van der Waals surface area contributed by atoms with Crippen LogP contribution >= 0.6 is 0 Å². The third-order valence-electron chi connectivity index (χ3n) is 3.70. The number of halogens is 3. The number of amides is 1. The van der Waals surface area contributed by atoms with Crippen LogP contribution < -0.4 is 11.5 Å². The monoisotopic (exact) mass is 267 g/mol. The Morgan fingerprint density at radius 2 is 2.06 bits per heavy atom. The molecule has 0 aromatic rings. The van der Waals surface area contributed by atoms with Crippen LogP contribution in [0.25, 0.3) is 0 Å². The number of rotatable bonds is 4. The van der Waals surface area contributed by atoms with Gasteiger partial charge in [0.1, 0.15) is 6.04 Å². The summed E-state index contributed by atoms with van der Waals surface area (Å²) in [7, 11) is 0. The van der Waals surface area contributed by atoms with Crippen molar-refractivity contribution in [3.63, 3.8) is 0 Å². The Hall–Kier alpha value is -0.820. The number of carbonyl (C=O) groups excluding carboxylic acids is 1. The standard InChI is InChI=1S/C11H20F3N3O/c1-3-7(15)8(11(12,13)14)17-5-4-10(2,6-17)9(16)18/h7-8H,3-6,15H2,1-2H3,(H2,16,18). The van der Waals surface area contributed by atoms with E-state index >= 15 is 0 Å². The Bertz CT molecular complexity index is 321. The molecule has 106 valence electrons. The molecule has 0 saturated carbocycles. The van der Waals surface area contributed by atoms with Gasteiger partial charge >= 0.3 is 6.18 Å². The van der Waals surface area contributed by atoms with Gasteiger partial charge in [0, 0.05) is 12.6 Å². The molecule has 4 N–H and O–H groups in total. The third kappa shape index (κ3) is 2.95. The highest BCUT2D eigenvalue weighted by molar-refractivity contribution is 5.81. The number of primary amides is 1. The first kappa shape index (κ1) is 15.2. The van der Waals surface area contributed by atoms with Gasteiger partial charge in [-0.15, -0.1) is 0 Å². The number of hydrogen-bond donors (Lipinski definition) is 2. The Balaban J connectivity index is 2.88. The Kier molecular flexibility index (Phi) is 4.27. The number of hydrogen-bond acceptors (Lipinski definition) is 3. The van der Waals surface area contributed by atoms with E-state index in [2.05, 4.69) is 0 Å². The summed E-state index contributed by atoms with van der Waals surface area (Å²) in [6.07, 6.45) is -3.82. The molecule has 1 aliphatic heterocycles. The SMILES string of the molecule is CCC(N)C(N1CCC(C)(C(N)=O)C1)C(F)(F)F. The van der Waals surface area contributed by atoms with E-state index in [1.54, 1.807) is 13.8 Å². The highest BCUT2D eigenvalue weighted by Crippen LogP contribution is 2.36. The highest BCUT2D eigenvalue weighted by Gasteiger charge is 2.51. The van der Waals surface area contributed by atoms with Gasteiger partial charge in [0.25, 0.3) is 0 Å². The van der Waals surface area contributed by atoms with Gasteiger partial charge in [0.05, 0.1) is 5.41 Å². The van der Waals surface area contributed by atoms with Gasteiger partial charge in [-0.2, -0.15) is 13.2 Å². The van der Waals surface area contributed by atoms with E-state index in [1.165, 1.54) is 4.90 Å². The van der Waals surface area contributed by atoms with Crippen LogP contribution in [-0.2, 0) is 4.79 Å². The molecule has 3 atom stereocenters. The summed E-state index contributed by atoms with van der Waals surface area (Å²) in [6.45, 7) is 3.42. The van der Waals surface area contributed by atoms with Gasteiger partial charge < -0.3 is 11.5 Å². The molecule has 4 nitrogen and oxygen atoms in total. The predicted octanol–water partition coefficient (Wildman–Crippen LogP) is 0.852. The van der Waals surface area contributed by atoms with Gasteiger partial charge in [0.15, 0.2) is 0 Å². The second-order valence-corrected chi connectivity index (χ2v) is 5.20. The Labute approximate surface area is 104 Å². The van der Waals surface area contributed by atoms with Crippen LogP contribution in [0.2, 0.25) is 0 Å². The number of likely N-dealkylation sites (tertiary alicyclic amines) is 1. The van der Waals surface area contributed by atoms with Gasteiger partial charge in [-0.05, 0) is 26.3 Å². The van der Waals surface area contributed by atoms with E-state index in [4.69, 9.17) is 11.5 Å². The molecular formula is C11H20F3N3O. The van der Waals surface area contributed by atoms with Crippen molar-refractivity contribution in [2.24, 2.45) is 16.9 Å². The zero-order chi connectivity index (χ0) is 14.1. The van der Waals surface area contributed by atoms with Crippen LogP contribution in [0.3, 0.4) is 0 Å². The molecule has 18 heavy (non-hydrogen) atoms. The minimum absolute atomic E-state index is 0.0141. The van der Waals surface area contributed by atoms with Crippen LogP contribution in [0.1, 0.15) is 26.7 Å². The van der Waals surface area contributed by atoms with E-state index < -0.39 is 29.6 Å². The Morgan fingerprint density at radius 1 is 1.50 bits per heavy atom. The molecule has 7 heteroatoms. The summed E-state index contributed by atoms with van der Waals surface area (Å²) in [4.78, 5) is 12.5. The van der Waals surface area contributed by atoms with Crippen molar-refractivity contribution >= 4 is 5.91 Å². The van der Waals surface area contributed by atoms with Crippen LogP contribution in [0.5, 0.6) is 0 Å². The molecule has 0 aliphatic carbocycles. The lowest BCUT2D eigenvalue weighted by molar-refractivity contribution is -0.187. The van der Waals surface area contributed by atoms with Crippen LogP contribution in [0, 0.1) is 5.41 Å². The molecule has 1 amide bonds. The summed E-state index contributed by atoms with van der Waals surface area (Å²) < 4.78 is 39.1. The van der Waals surface area contributed by atoms with Crippen molar-refractivity contribution in [3.05, 3.63) is 0 Å². The zero-order valence-electron chi connectivity index (χ0n) is 10.6. The molecule has 0 aromatic carbocycles. The molecular weight excluding hydrogens is 247 g/mol. The second kappa shape index (κ2) is 5.05. The first-order valence-corrected chi connectivity index (χ1v) is 5.98. The highest BCUT2D eigenvalue weighted by atomic mass is 19.4. The maximum absolute atomic E-state index is 13.0. The molecule has 1 rings (SSSR count).